The number of benzene rings is 1. The maximum absolute atomic E-state index is 12.0. The van der Waals surface area contributed by atoms with Gasteiger partial charge in [0.15, 0.2) is 5.82 Å². The zero-order valence-corrected chi connectivity index (χ0v) is 12.1. The lowest BCUT2D eigenvalue weighted by Gasteiger charge is -2.06. The number of hydrogen-bond acceptors (Lipinski definition) is 3. The molecule has 98 valence electrons. The number of carbonyl (C=O) groups is 2. The fraction of sp³-hybridized carbons (Fsp3) is 0.0833. The van der Waals surface area contributed by atoms with E-state index in [0.29, 0.717) is 5.56 Å². The van der Waals surface area contributed by atoms with Crippen molar-refractivity contribution in [3.05, 3.63) is 44.7 Å². The summed E-state index contributed by atoms with van der Waals surface area (Å²) in [5.74, 6) is -1.27. The maximum Gasteiger partial charge on any atom is 0.353 e. The molecule has 0 bridgehead atoms. The van der Waals surface area contributed by atoms with Gasteiger partial charge in [0.05, 0.1) is 5.56 Å². The Labute approximate surface area is 122 Å². The van der Waals surface area contributed by atoms with E-state index >= 15 is 0 Å². The second-order valence-corrected chi connectivity index (χ2v) is 4.94. The number of aryl methyl sites for hydroxylation is 1. The first-order valence-corrected chi connectivity index (χ1v) is 6.42. The lowest BCUT2D eigenvalue weighted by atomic mass is 10.1. The topological polar surface area (TPSA) is 95.1 Å². The predicted molar refractivity (Wildman–Crippen MR) is 77.4 cm³/mol. The van der Waals surface area contributed by atoms with Gasteiger partial charge in [0.1, 0.15) is 5.69 Å². The highest BCUT2D eigenvalue weighted by Gasteiger charge is 2.14. The van der Waals surface area contributed by atoms with Crippen molar-refractivity contribution in [1.82, 2.24) is 10.2 Å². The zero-order chi connectivity index (χ0) is 14.0. The van der Waals surface area contributed by atoms with Gasteiger partial charge in [-0.2, -0.15) is 5.10 Å². The third kappa shape index (κ3) is 2.92. The fourth-order valence-corrected chi connectivity index (χ4v) is 2.11. The van der Waals surface area contributed by atoms with Crippen LogP contribution < -0.4 is 5.32 Å². The summed E-state index contributed by atoms with van der Waals surface area (Å²) in [5.41, 5.74) is 1.45. The van der Waals surface area contributed by atoms with E-state index in [9.17, 15) is 9.59 Å². The average molecular weight is 371 g/mol. The van der Waals surface area contributed by atoms with Crippen LogP contribution >= 0.6 is 22.6 Å². The van der Waals surface area contributed by atoms with Gasteiger partial charge in [0, 0.05) is 9.64 Å². The molecule has 0 atom stereocenters. The number of H-pyrrole nitrogens is 1. The molecule has 0 aliphatic rings. The summed E-state index contributed by atoms with van der Waals surface area (Å²) in [6.07, 6.45) is 0. The normalized spacial score (nSPS) is 10.2. The minimum Gasteiger partial charge on any atom is -0.477 e. The summed E-state index contributed by atoms with van der Waals surface area (Å²) in [5, 5.41) is 17.3. The van der Waals surface area contributed by atoms with Crippen LogP contribution in [0.4, 0.5) is 5.82 Å². The second kappa shape index (κ2) is 5.39. The smallest absolute Gasteiger partial charge is 0.353 e. The Bertz CT molecular complexity index is 651. The van der Waals surface area contributed by atoms with Gasteiger partial charge in [-0.05, 0) is 41.1 Å². The molecule has 0 aliphatic heterocycles. The van der Waals surface area contributed by atoms with Crippen molar-refractivity contribution in [2.45, 2.75) is 6.92 Å². The largest absolute Gasteiger partial charge is 0.477 e. The first kappa shape index (κ1) is 13.5. The molecule has 0 fully saturated rings. The van der Waals surface area contributed by atoms with Crippen LogP contribution in [0.1, 0.15) is 26.4 Å². The Morgan fingerprint density at radius 3 is 2.79 bits per heavy atom. The molecule has 7 heteroatoms. The van der Waals surface area contributed by atoms with Crippen molar-refractivity contribution in [3.63, 3.8) is 0 Å². The Morgan fingerprint density at radius 2 is 2.16 bits per heavy atom. The molecule has 2 rings (SSSR count). The number of carbonyl (C=O) groups excluding carboxylic acids is 1. The maximum atomic E-state index is 12.0. The summed E-state index contributed by atoms with van der Waals surface area (Å²) in [7, 11) is 0. The summed E-state index contributed by atoms with van der Waals surface area (Å²) in [4.78, 5) is 22.7. The fourth-order valence-electron chi connectivity index (χ4n) is 1.50. The number of aromatic nitrogens is 2. The van der Waals surface area contributed by atoms with E-state index in [1.54, 1.807) is 12.1 Å². The van der Waals surface area contributed by atoms with Crippen molar-refractivity contribution in [2.75, 3.05) is 5.32 Å². The van der Waals surface area contributed by atoms with Gasteiger partial charge in [-0.15, -0.1) is 0 Å². The van der Waals surface area contributed by atoms with Gasteiger partial charge in [-0.25, -0.2) is 4.79 Å². The van der Waals surface area contributed by atoms with Gasteiger partial charge >= 0.3 is 5.97 Å². The molecule has 0 spiro atoms. The molecule has 0 aliphatic carbocycles. The van der Waals surface area contributed by atoms with Gasteiger partial charge < -0.3 is 10.4 Å². The highest BCUT2D eigenvalue weighted by atomic mass is 127. The highest BCUT2D eigenvalue weighted by Crippen LogP contribution is 2.18. The number of nitrogens with one attached hydrogen (secondary N) is 2. The van der Waals surface area contributed by atoms with Gasteiger partial charge in [-0.3, -0.25) is 9.89 Å². The van der Waals surface area contributed by atoms with Crippen LogP contribution in [0.5, 0.6) is 0 Å². The second-order valence-electron chi connectivity index (χ2n) is 3.86. The minimum absolute atomic E-state index is 0.0748. The molecule has 0 radical (unpaired) electrons. The molecule has 2 aromatic rings. The van der Waals surface area contributed by atoms with Crippen molar-refractivity contribution in [3.8, 4) is 0 Å². The molecular weight excluding hydrogens is 361 g/mol. The van der Waals surface area contributed by atoms with E-state index in [1.165, 1.54) is 6.07 Å². The molecule has 0 saturated heterocycles. The lowest BCUT2D eigenvalue weighted by Crippen LogP contribution is -2.14. The average Bonchev–Trinajstić information content (AvgIpc) is 2.81. The molecule has 3 N–H and O–H groups in total. The van der Waals surface area contributed by atoms with Crippen molar-refractivity contribution in [2.24, 2.45) is 0 Å². The predicted octanol–water partition coefficient (Wildman–Crippen LogP) is 2.27. The summed E-state index contributed by atoms with van der Waals surface area (Å²) in [6, 6.07) is 6.67. The van der Waals surface area contributed by atoms with Crippen LogP contribution in [0.15, 0.2) is 24.3 Å². The number of carboxylic acid groups (broad SMARTS) is 1. The number of halogens is 1. The lowest BCUT2D eigenvalue weighted by molar-refractivity contribution is 0.0690. The Kier molecular flexibility index (Phi) is 3.84. The van der Waals surface area contributed by atoms with Gasteiger partial charge in [0.2, 0.25) is 0 Å². The Hall–Kier alpha value is -1.90. The number of carboxylic acids is 1. The number of hydrogen-bond donors (Lipinski definition) is 3. The number of aromatic carboxylic acids is 1. The minimum atomic E-state index is -1.13. The SMILES string of the molecule is Cc1cccc(C(=O)Nc2cc(C(=O)O)[nH]n2)c1I. The summed E-state index contributed by atoms with van der Waals surface area (Å²) in [6.45, 7) is 1.91. The van der Waals surface area contributed by atoms with Crippen LogP contribution in [-0.4, -0.2) is 27.2 Å². The van der Waals surface area contributed by atoms with Crippen molar-refractivity contribution < 1.29 is 14.7 Å². The van der Waals surface area contributed by atoms with E-state index in [2.05, 4.69) is 38.1 Å². The number of nitrogens with zero attached hydrogens (tertiary/aromatic N) is 1. The van der Waals surface area contributed by atoms with Crippen molar-refractivity contribution >= 4 is 40.3 Å². The number of rotatable bonds is 3. The molecular formula is C12H10IN3O3. The van der Waals surface area contributed by atoms with E-state index < -0.39 is 5.97 Å². The van der Waals surface area contributed by atoms with E-state index in [-0.39, 0.29) is 17.4 Å². The Balaban J connectivity index is 2.21. The van der Waals surface area contributed by atoms with Crippen LogP contribution in [0.25, 0.3) is 0 Å². The molecule has 1 heterocycles. The molecule has 1 aromatic carbocycles. The van der Waals surface area contributed by atoms with Gasteiger partial charge in [0.25, 0.3) is 5.91 Å². The number of amides is 1. The zero-order valence-electron chi connectivity index (χ0n) is 9.90. The molecule has 19 heavy (non-hydrogen) atoms. The van der Waals surface area contributed by atoms with Gasteiger partial charge in [-0.1, -0.05) is 12.1 Å². The van der Waals surface area contributed by atoms with Crippen LogP contribution in [0.2, 0.25) is 0 Å². The van der Waals surface area contributed by atoms with E-state index in [0.717, 1.165) is 9.13 Å². The first-order valence-electron chi connectivity index (χ1n) is 5.34. The van der Waals surface area contributed by atoms with Crippen LogP contribution in [0, 0.1) is 10.5 Å². The highest BCUT2D eigenvalue weighted by molar-refractivity contribution is 14.1. The number of aromatic amines is 1. The molecule has 0 unspecified atom stereocenters. The van der Waals surface area contributed by atoms with Crippen molar-refractivity contribution in [1.29, 1.82) is 0 Å². The molecule has 6 nitrogen and oxygen atoms in total. The van der Waals surface area contributed by atoms with E-state index in [1.807, 2.05) is 13.0 Å². The standard InChI is InChI=1S/C12H10IN3O3/c1-6-3-2-4-7(10(6)13)11(17)14-9-5-8(12(18)19)15-16-9/h2-5H,1H3,(H,18,19)(H2,14,15,16,17). The summed E-state index contributed by atoms with van der Waals surface area (Å²) < 4.78 is 0.853. The molecule has 1 amide bonds. The van der Waals surface area contributed by atoms with Crippen LogP contribution in [-0.2, 0) is 0 Å². The monoisotopic (exact) mass is 371 g/mol. The molecule has 1 aromatic heterocycles. The van der Waals surface area contributed by atoms with E-state index in [4.69, 9.17) is 5.11 Å². The molecule has 0 saturated carbocycles. The first-order chi connectivity index (χ1) is 8.99. The Morgan fingerprint density at radius 1 is 1.42 bits per heavy atom. The quantitative estimate of drug-likeness (QED) is 0.722. The van der Waals surface area contributed by atoms with Crippen LogP contribution in [0.3, 0.4) is 0 Å². The summed E-state index contributed by atoms with van der Waals surface area (Å²) >= 11 is 2.10. The third-order valence-electron chi connectivity index (χ3n) is 2.49. The third-order valence-corrected chi connectivity index (χ3v) is 3.92. The number of anilines is 1.